The number of halogens is 1. The van der Waals surface area contributed by atoms with E-state index in [1.807, 2.05) is 53.0 Å². The molecule has 4 heterocycles. The van der Waals surface area contributed by atoms with Crippen LogP contribution in [0.1, 0.15) is 110 Å². The Hall–Kier alpha value is -3.86. The number of likely N-dealkylation sites (N-methyl/N-ethyl adjacent to an activating group) is 1. The lowest BCUT2D eigenvalue weighted by atomic mass is 9.81. The van der Waals surface area contributed by atoms with Crippen LogP contribution in [0.4, 0.5) is 10.3 Å². The lowest BCUT2D eigenvalue weighted by Crippen LogP contribution is -2.47. The number of piperazine rings is 1. The molecule has 11 heteroatoms. The summed E-state index contributed by atoms with van der Waals surface area (Å²) in [7, 11) is 2.13. The van der Waals surface area contributed by atoms with Gasteiger partial charge in [0.1, 0.15) is 17.7 Å². The molecule has 2 atom stereocenters. The Morgan fingerprint density at radius 1 is 1.18 bits per heavy atom. The summed E-state index contributed by atoms with van der Waals surface area (Å²) in [5.74, 6) is 1.65. The van der Waals surface area contributed by atoms with Gasteiger partial charge >= 0.3 is 0 Å². The van der Waals surface area contributed by atoms with Crippen molar-refractivity contribution in [2.45, 2.75) is 106 Å². The Balaban J connectivity index is 0.000000474. The quantitative estimate of drug-likeness (QED) is 0.0743. The number of alkyl halides is 1. The first-order valence-corrected chi connectivity index (χ1v) is 18.3. The molecule has 1 amide bonds. The van der Waals surface area contributed by atoms with Gasteiger partial charge in [-0.2, -0.15) is 10.1 Å². The average molecular weight is 693 g/mol. The van der Waals surface area contributed by atoms with Gasteiger partial charge in [-0.25, -0.2) is 9.37 Å². The maximum Gasteiger partial charge on any atom is 0.247 e. The number of allylic oxidation sites excluding steroid dienone is 2. The van der Waals surface area contributed by atoms with Crippen LogP contribution in [0.2, 0.25) is 0 Å². The smallest absolute Gasteiger partial charge is 0.247 e. The Bertz CT molecular complexity index is 1520. The second-order valence-corrected chi connectivity index (χ2v) is 14.5. The van der Waals surface area contributed by atoms with Gasteiger partial charge in [0, 0.05) is 74.1 Å². The molecule has 50 heavy (non-hydrogen) atoms. The fourth-order valence-corrected chi connectivity index (χ4v) is 5.79. The van der Waals surface area contributed by atoms with Crippen LogP contribution < -0.4 is 5.32 Å². The zero-order chi connectivity index (χ0) is 37.0. The lowest BCUT2D eigenvalue weighted by Gasteiger charge is -2.35. The van der Waals surface area contributed by atoms with Crippen molar-refractivity contribution in [2.24, 2.45) is 16.3 Å². The standard InChI is InChI=1S/C30H47FN6O.C9H14N2O/c1-8-21(3)25(19-24-11-10-14-32-28(24)38)27(37-17-15-36(7)16-18-37)35-29-33-20-26(34-29)23(9-2)12-13-30(5,6)22(4)31;1-4-11-8(5-6-10-11)9(12)7(2)3/h9,19-20,22-23H,2,8,10-18H2,1,3-7H3,(H,32,38)(H,33,34);5-7H,4H2,1-3H3/b24-19+,25-21?,35-27+;. The van der Waals surface area contributed by atoms with Gasteiger partial charge in [0.15, 0.2) is 5.78 Å². The number of carbonyl (C=O) groups is 2. The molecule has 2 unspecified atom stereocenters. The highest BCUT2D eigenvalue weighted by atomic mass is 19.1. The van der Waals surface area contributed by atoms with Crippen LogP contribution in [0.5, 0.6) is 0 Å². The molecule has 2 aromatic heterocycles. The number of carbonyl (C=O) groups excluding carboxylic acids is 2. The first-order chi connectivity index (χ1) is 23.7. The van der Waals surface area contributed by atoms with Crippen molar-refractivity contribution in [3.05, 3.63) is 65.3 Å². The fourth-order valence-electron chi connectivity index (χ4n) is 5.79. The first-order valence-electron chi connectivity index (χ1n) is 18.3. The number of piperidine rings is 1. The molecule has 0 radical (unpaired) electrons. The average Bonchev–Trinajstić information content (AvgIpc) is 3.77. The zero-order valence-electron chi connectivity index (χ0n) is 32.0. The minimum Gasteiger partial charge on any atom is -0.353 e. The van der Waals surface area contributed by atoms with Crippen LogP contribution in [0.15, 0.2) is 58.9 Å². The molecule has 2 fully saturated rings. The molecule has 0 spiro atoms. The molecule has 4 rings (SSSR count). The van der Waals surface area contributed by atoms with E-state index in [1.54, 1.807) is 23.9 Å². The van der Waals surface area contributed by atoms with Crippen molar-refractivity contribution in [1.29, 1.82) is 0 Å². The van der Waals surface area contributed by atoms with E-state index < -0.39 is 11.6 Å². The predicted molar refractivity (Wildman–Crippen MR) is 202 cm³/mol. The molecule has 0 saturated carbocycles. The third kappa shape index (κ3) is 11.1. The number of aliphatic imine (C=N–C) groups is 1. The number of aryl methyl sites for hydroxylation is 1. The van der Waals surface area contributed by atoms with Gasteiger partial charge in [-0.3, -0.25) is 14.3 Å². The van der Waals surface area contributed by atoms with E-state index in [4.69, 9.17) is 4.99 Å². The Morgan fingerprint density at radius 2 is 1.88 bits per heavy atom. The van der Waals surface area contributed by atoms with Crippen molar-refractivity contribution < 1.29 is 14.0 Å². The van der Waals surface area contributed by atoms with Gasteiger partial charge in [-0.1, -0.05) is 46.3 Å². The summed E-state index contributed by atoms with van der Waals surface area (Å²) in [4.78, 5) is 41.9. The summed E-state index contributed by atoms with van der Waals surface area (Å²) in [6.45, 7) is 24.7. The van der Waals surface area contributed by atoms with Gasteiger partial charge in [0.25, 0.3) is 0 Å². The highest BCUT2D eigenvalue weighted by molar-refractivity contribution is 6.05. The lowest BCUT2D eigenvalue weighted by molar-refractivity contribution is -0.118. The number of amidine groups is 1. The maximum absolute atomic E-state index is 14.0. The summed E-state index contributed by atoms with van der Waals surface area (Å²) < 4.78 is 15.8. The van der Waals surface area contributed by atoms with E-state index in [-0.39, 0.29) is 23.5 Å². The number of nitrogens with zero attached hydrogens (tertiary/aromatic N) is 6. The van der Waals surface area contributed by atoms with Gasteiger partial charge in [-0.15, -0.1) is 6.58 Å². The maximum atomic E-state index is 14.0. The predicted octanol–water partition coefficient (Wildman–Crippen LogP) is 7.43. The number of Topliss-reactive ketones (excluding diaryl/α,β-unsaturated/α-hetero) is 1. The highest BCUT2D eigenvalue weighted by Gasteiger charge is 2.28. The van der Waals surface area contributed by atoms with Crippen molar-refractivity contribution in [3.8, 4) is 0 Å². The first kappa shape index (κ1) is 40.6. The molecular weight excluding hydrogens is 631 g/mol. The van der Waals surface area contributed by atoms with Crippen LogP contribution in [0, 0.1) is 11.3 Å². The number of amides is 1. The number of hydrogen-bond donors (Lipinski definition) is 2. The fraction of sp³-hybridized carbons (Fsp3) is 0.615. The molecule has 0 aromatic carbocycles. The molecule has 10 nitrogen and oxygen atoms in total. The SMILES string of the molecule is C=CC(CCC(C)(C)C(C)F)c1cnc(/N=C(\C(/C=C2\CCCNC2=O)=C(C)CC)N2CCN(C)CC2)[nH]1.CCn1nccc1C(=O)C(C)C. The molecule has 2 N–H and O–H groups in total. The minimum absolute atomic E-state index is 0.00927. The summed E-state index contributed by atoms with van der Waals surface area (Å²) >= 11 is 0. The topological polar surface area (TPSA) is 112 Å². The normalized spacial score (nSPS) is 18.7. The summed E-state index contributed by atoms with van der Waals surface area (Å²) in [5.41, 5.74) is 4.24. The van der Waals surface area contributed by atoms with Crippen LogP contribution in [-0.4, -0.2) is 93.0 Å². The van der Waals surface area contributed by atoms with Crippen molar-refractivity contribution in [1.82, 2.24) is 34.9 Å². The molecule has 2 aliphatic rings. The van der Waals surface area contributed by atoms with Crippen LogP contribution >= 0.6 is 0 Å². The Morgan fingerprint density at radius 3 is 2.46 bits per heavy atom. The number of imidazole rings is 1. The highest BCUT2D eigenvalue weighted by Crippen LogP contribution is 2.34. The van der Waals surface area contributed by atoms with Gasteiger partial charge < -0.3 is 20.1 Å². The van der Waals surface area contributed by atoms with Crippen LogP contribution in [-0.2, 0) is 11.3 Å². The van der Waals surface area contributed by atoms with E-state index in [2.05, 4.69) is 57.7 Å². The number of nitrogens with one attached hydrogen (secondary N) is 2. The summed E-state index contributed by atoms with van der Waals surface area (Å²) in [6, 6.07) is 1.77. The number of hydrogen-bond acceptors (Lipinski definition) is 6. The molecule has 0 bridgehead atoms. The second-order valence-electron chi connectivity index (χ2n) is 14.5. The largest absolute Gasteiger partial charge is 0.353 e. The minimum atomic E-state index is -0.881. The van der Waals surface area contributed by atoms with Crippen LogP contribution in [0.25, 0.3) is 0 Å². The molecule has 276 valence electrons. The second kappa shape index (κ2) is 18.9. The number of H-pyrrole nitrogens is 1. The van der Waals surface area contributed by atoms with Crippen molar-refractivity contribution in [3.63, 3.8) is 0 Å². The third-order valence-electron chi connectivity index (χ3n) is 10.00. The van der Waals surface area contributed by atoms with E-state index in [1.165, 1.54) is 5.57 Å². The number of ketones is 1. The molecular formula is C39H61FN8O2. The van der Waals surface area contributed by atoms with E-state index >= 15 is 0 Å². The molecule has 2 aliphatic heterocycles. The summed E-state index contributed by atoms with van der Waals surface area (Å²) in [6.07, 6.45) is 10.6. The molecule has 2 aromatic rings. The third-order valence-corrected chi connectivity index (χ3v) is 10.00. The molecule has 2 saturated heterocycles. The van der Waals surface area contributed by atoms with Gasteiger partial charge in [0.2, 0.25) is 11.9 Å². The monoisotopic (exact) mass is 692 g/mol. The Labute approximate surface area is 299 Å². The van der Waals surface area contributed by atoms with Crippen molar-refractivity contribution >= 4 is 23.5 Å². The van der Waals surface area contributed by atoms with Crippen molar-refractivity contribution in [2.75, 3.05) is 39.8 Å². The van der Waals surface area contributed by atoms with E-state index in [0.717, 1.165) is 94.0 Å². The van der Waals surface area contributed by atoms with Gasteiger partial charge in [-0.05, 0) is 77.5 Å². The number of rotatable bonds is 13. The van der Waals surface area contributed by atoms with Crippen LogP contribution in [0.3, 0.4) is 0 Å². The van der Waals surface area contributed by atoms with E-state index in [9.17, 15) is 14.0 Å². The Kier molecular flexibility index (Phi) is 15.4. The summed E-state index contributed by atoms with van der Waals surface area (Å²) in [5, 5.41) is 7.01. The van der Waals surface area contributed by atoms with Gasteiger partial charge in [0.05, 0.1) is 6.20 Å². The zero-order valence-corrected chi connectivity index (χ0v) is 32.0. The number of aromatic nitrogens is 4. The number of aromatic amines is 1. The molecule has 0 aliphatic carbocycles. The van der Waals surface area contributed by atoms with E-state index in [0.29, 0.717) is 11.6 Å².